The standard InChI is InChI=1S/C20H15ClN4O4/c21-15-7-2-1-6-14(15)16-11-22-18(28-16)9-8-17(26)23-13-5-3-4-12(10-13)19-24-20(27)29-25-19/h1-7,10-11H,8-9H2,(H,23,26)(H,24,25,27). The van der Waals surface area contributed by atoms with E-state index in [1.807, 2.05) is 18.2 Å². The molecule has 29 heavy (non-hydrogen) atoms. The number of nitrogens with one attached hydrogen (secondary N) is 2. The molecule has 0 unspecified atom stereocenters. The quantitative estimate of drug-likeness (QED) is 0.498. The summed E-state index contributed by atoms with van der Waals surface area (Å²) in [5.74, 6) is 0.451. The molecule has 9 heteroatoms. The lowest BCUT2D eigenvalue weighted by molar-refractivity contribution is -0.116. The maximum absolute atomic E-state index is 12.3. The number of carbonyl (C=O) groups is 1. The van der Waals surface area contributed by atoms with Crippen LogP contribution in [-0.2, 0) is 11.2 Å². The Bertz CT molecular complexity index is 1210. The number of H-pyrrole nitrogens is 1. The fraction of sp³-hybridized carbons (Fsp3) is 0.100. The number of amides is 1. The van der Waals surface area contributed by atoms with Gasteiger partial charge in [-0.2, -0.15) is 0 Å². The number of aromatic nitrogens is 3. The highest BCUT2D eigenvalue weighted by atomic mass is 35.5. The van der Waals surface area contributed by atoms with Crippen molar-refractivity contribution in [2.24, 2.45) is 0 Å². The van der Waals surface area contributed by atoms with Gasteiger partial charge < -0.3 is 9.73 Å². The fourth-order valence-electron chi connectivity index (χ4n) is 2.75. The number of carbonyl (C=O) groups excluding carboxylic acids is 1. The molecule has 0 bridgehead atoms. The minimum Gasteiger partial charge on any atom is -0.441 e. The van der Waals surface area contributed by atoms with Gasteiger partial charge in [-0.3, -0.25) is 14.3 Å². The van der Waals surface area contributed by atoms with E-state index in [0.29, 0.717) is 34.3 Å². The van der Waals surface area contributed by atoms with Gasteiger partial charge in [0.15, 0.2) is 17.5 Å². The molecule has 0 aliphatic heterocycles. The summed E-state index contributed by atoms with van der Waals surface area (Å²) in [4.78, 5) is 30.0. The Morgan fingerprint density at radius 2 is 2.03 bits per heavy atom. The molecule has 0 saturated carbocycles. The van der Waals surface area contributed by atoms with E-state index in [4.69, 9.17) is 16.0 Å². The molecule has 4 aromatic rings. The van der Waals surface area contributed by atoms with Gasteiger partial charge in [0.05, 0.1) is 11.2 Å². The second-order valence-corrected chi connectivity index (χ2v) is 6.58. The highest BCUT2D eigenvalue weighted by Gasteiger charge is 2.12. The summed E-state index contributed by atoms with van der Waals surface area (Å²) in [6.45, 7) is 0. The summed E-state index contributed by atoms with van der Waals surface area (Å²) in [6.07, 6.45) is 2.12. The Morgan fingerprint density at radius 3 is 2.83 bits per heavy atom. The zero-order valence-corrected chi connectivity index (χ0v) is 15.8. The van der Waals surface area contributed by atoms with E-state index < -0.39 is 5.76 Å². The Balaban J connectivity index is 1.37. The minimum atomic E-state index is -0.642. The van der Waals surface area contributed by atoms with Crippen molar-refractivity contribution in [2.75, 3.05) is 5.32 Å². The molecule has 2 aromatic heterocycles. The van der Waals surface area contributed by atoms with Crippen LogP contribution in [0.1, 0.15) is 12.3 Å². The molecule has 2 N–H and O–H groups in total. The number of aromatic amines is 1. The summed E-state index contributed by atoms with van der Waals surface area (Å²) >= 11 is 6.16. The zero-order valence-electron chi connectivity index (χ0n) is 15.0. The van der Waals surface area contributed by atoms with Gasteiger partial charge in [-0.15, -0.1) is 0 Å². The van der Waals surface area contributed by atoms with Crippen molar-refractivity contribution >= 4 is 23.2 Å². The molecule has 0 saturated heterocycles. The van der Waals surface area contributed by atoms with E-state index in [-0.39, 0.29) is 18.2 Å². The number of rotatable bonds is 6. The lowest BCUT2D eigenvalue weighted by atomic mass is 10.2. The van der Waals surface area contributed by atoms with Gasteiger partial charge in [-0.25, -0.2) is 9.78 Å². The first kappa shape index (κ1) is 18.7. The highest BCUT2D eigenvalue weighted by molar-refractivity contribution is 6.33. The number of hydrogen-bond acceptors (Lipinski definition) is 6. The predicted molar refractivity (Wildman–Crippen MR) is 106 cm³/mol. The van der Waals surface area contributed by atoms with Crippen molar-refractivity contribution in [3.63, 3.8) is 0 Å². The van der Waals surface area contributed by atoms with Gasteiger partial charge >= 0.3 is 5.76 Å². The molecular weight excluding hydrogens is 396 g/mol. The smallest absolute Gasteiger partial charge is 0.439 e. The van der Waals surface area contributed by atoms with Crippen LogP contribution in [-0.4, -0.2) is 21.0 Å². The van der Waals surface area contributed by atoms with Crippen LogP contribution in [0.3, 0.4) is 0 Å². The van der Waals surface area contributed by atoms with Crippen LogP contribution in [0.15, 0.2) is 68.5 Å². The van der Waals surface area contributed by atoms with Crippen molar-refractivity contribution in [1.29, 1.82) is 0 Å². The van der Waals surface area contributed by atoms with Crippen LogP contribution >= 0.6 is 11.6 Å². The molecular formula is C20H15ClN4O4. The molecule has 0 spiro atoms. The molecule has 0 fully saturated rings. The number of aryl methyl sites for hydroxylation is 1. The van der Waals surface area contributed by atoms with Gasteiger partial charge in [0.1, 0.15) is 0 Å². The van der Waals surface area contributed by atoms with E-state index in [0.717, 1.165) is 5.56 Å². The lowest BCUT2D eigenvalue weighted by Gasteiger charge is -2.05. The van der Waals surface area contributed by atoms with Gasteiger partial charge in [0, 0.05) is 29.7 Å². The first-order chi connectivity index (χ1) is 14.1. The third-order valence-electron chi connectivity index (χ3n) is 4.12. The first-order valence-corrected chi connectivity index (χ1v) is 9.12. The Hall–Kier alpha value is -3.65. The number of nitrogens with zero attached hydrogens (tertiary/aromatic N) is 2. The molecule has 0 radical (unpaired) electrons. The molecule has 8 nitrogen and oxygen atoms in total. The van der Waals surface area contributed by atoms with Crippen molar-refractivity contribution in [1.82, 2.24) is 15.1 Å². The van der Waals surface area contributed by atoms with Gasteiger partial charge in [-0.1, -0.05) is 41.0 Å². The third kappa shape index (κ3) is 4.44. The lowest BCUT2D eigenvalue weighted by Crippen LogP contribution is -2.12. The van der Waals surface area contributed by atoms with E-state index in [1.54, 1.807) is 36.5 Å². The molecule has 2 heterocycles. The number of anilines is 1. The average molecular weight is 411 g/mol. The van der Waals surface area contributed by atoms with Crippen molar-refractivity contribution < 1.29 is 13.7 Å². The van der Waals surface area contributed by atoms with Crippen LogP contribution in [0.2, 0.25) is 5.02 Å². The summed E-state index contributed by atoms with van der Waals surface area (Å²) in [5, 5.41) is 7.00. The minimum absolute atomic E-state index is 0.188. The average Bonchev–Trinajstić information content (AvgIpc) is 3.36. The van der Waals surface area contributed by atoms with E-state index in [1.165, 1.54) is 0 Å². The molecule has 2 aromatic carbocycles. The Kier molecular flexibility index (Phi) is 5.26. The number of oxazole rings is 1. The maximum Gasteiger partial charge on any atom is 0.439 e. The normalized spacial score (nSPS) is 10.8. The SMILES string of the molecule is O=C(CCc1ncc(-c2ccccc2Cl)o1)Nc1cccc(-c2noc(=O)[nH]2)c1. The van der Waals surface area contributed by atoms with E-state index in [9.17, 15) is 9.59 Å². The summed E-state index contributed by atoms with van der Waals surface area (Å²) in [6, 6.07) is 14.2. The second-order valence-electron chi connectivity index (χ2n) is 6.17. The van der Waals surface area contributed by atoms with E-state index >= 15 is 0 Å². The molecule has 4 rings (SSSR count). The maximum atomic E-state index is 12.3. The molecule has 0 aliphatic rings. The van der Waals surface area contributed by atoms with Crippen LogP contribution in [0.4, 0.5) is 5.69 Å². The first-order valence-electron chi connectivity index (χ1n) is 8.74. The summed E-state index contributed by atoms with van der Waals surface area (Å²) < 4.78 is 10.2. The molecule has 0 atom stereocenters. The monoisotopic (exact) mass is 410 g/mol. The summed E-state index contributed by atoms with van der Waals surface area (Å²) in [5.41, 5.74) is 1.94. The van der Waals surface area contributed by atoms with Gasteiger partial charge in [-0.05, 0) is 24.3 Å². The molecule has 146 valence electrons. The Morgan fingerprint density at radius 1 is 1.17 bits per heavy atom. The van der Waals surface area contributed by atoms with Crippen molar-refractivity contribution in [2.45, 2.75) is 12.8 Å². The zero-order chi connectivity index (χ0) is 20.2. The van der Waals surface area contributed by atoms with Crippen LogP contribution in [0.5, 0.6) is 0 Å². The summed E-state index contributed by atoms with van der Waals surface area (Å²) in [7, 11) is 0. The largest absolute Gasteiger partial charge is 0.441 e. The predicted octanol–water partition coefficient (Wildman–Crippen LogP) is 3.91. The second kappa shape index (κ2) is 8.15. The Labute approximate surface area is 169 Å². The van der Waals surface area contributed by atoms with Crippen LogP contribution in [0.25, 0.3) is 22.7 Å². The third-order valence-corrected chi connectivity index (χ3v) is 4.45. The highest BCUT2D eigenvalue weighted by Crippen LogP contribution is 2.28. The number of hydrogen-bond donors (Lipinski definition) is 2. The van der Waals surface area contributed by atoms with Gasteiger partial charge in [0.25, 0.3) is 0 Å². The molecule has 1 amide bonds. The van der Waals surface area contributed by atoms with Gasteiger partial charge in [0.2, 0.25) is 5.91 Å². The van der Waals surface area contributed by atoms with E-state index in [2.05, 4.69) is 25.0 Å². The topological polar surface area (TPSA) is 114 Å². The van der Waals surface area contributed by atoms with Crippen LogP contribution < -0.4 is 11.1 Å². The number of benzene rings is 2. The van der Waals surface area contributed by atoms with Crippen LogP contribution in [0, 0.1) is 0 Å². The van der Waals surface area contributed by atoms with Crippen molar-refractivity contribution in [3.8, 4) is 22.7 Å². The number of halogens is 1. The fourth-order valence-corrected chi connectivity index (χ4v) is 2.98. The molecule has 0 aliphatic carbocycles. The van der Waals surface area contributed by atoms with Crippen molar-refractivity contribution in [3.05, 3.63) is 76.2 Å².